The molecule has 6 heteroatoms. The van der Waals surface area contributed by atoms with Gasteiger partial charge in [-0.25, -0.2) is 0 Å². The predicted octanol–water partition coefficient (Wildman–Crippen LogP) is 5.46. The fourth-order valence-electron chi connectivity index (χ4n) is 3.23. The van der Waals surface area contributed by atoms with Crippen molar-refractivity contribution in [2.75, 3.05) is 13.2 Å². The first kappa shape index (κ1) is 25.9. The van der Waals surface area contributed by atoms with Crippen molar-refractivity contribution < 1.29 is 14.3 Å². The quantitative estimate of drug-likeness (QED) is 0.438. The molecular weight excluding hydrogens is 468 g/mol. The molecule has 0 spiro atoms. The summed E-state index contributed by atoms with van der Waals surface area (Å²) in [5.41, 5.74) is 2.19. The summed E-state index contributed by atoms with van der Waals surface area (Å²) in [5.74, 6) is 0.244. The number of carbonyl (C=O) groups excluding carboxylic acids is 2. The maximum atomic E-state index is 13.1. The molecule has 174 valence electrons. The van der Waals surface area contributed by atoms with E-state index in [1.807, 2.05) is 48.5 Å². The molecule has 0 saturated heterocycles. The molecule has 2 amide bonds. The first-order valence-electron chi connectivity index (χ1n) is 11.2. The van der Waals surface area contributed by atoms with Gasteiger partial charge in [0, 0.05) is 17.6 Å². The molecule has 0 saturated carbocycles. The summed E-state index contributed by atoms with van der Waals surface area (Å²) in [4.78, 5) is 27.4. The summed E-state index contributed by atoms with van der Waals surface area (Å²) in [6.07, 6.45) is 1.91. The van der Waals surface area contributed by atoms with Crippen LogP contribution in [-0.2, 0) is 21.5 Å². The lowest BCUT2D eigenvalue weighted by atomic mass is 9.87. The second-order valence-corrected chi connectivity index (χ2v) is 9.95. The fraction of sp³-hybridized carbons (Fsp3) is 0.462. The number of benzene rings is 2. The standard InChI is InChI=1S/C26H35BrN2O3/c1-6-7-15-28-25(31)19(2)29(17-20-9-8-10-22(27)16-20)24(30)18-32-23-13-11-21(12-14-23)26(3,4)5/h8-14,16,19H,6-7,15,17-18H2,1-5H3,(H,28,31)/t19-/m1/s1. The smallest absolute Gasteiger partial charge is 0.261 e. The molecule has 0 fully saturated rings. The van der Waals surface area contributed by atoms with Crippen LogP contribution in [0.15, 0.2) is 53.0 Å². The maximum absolute atomic E-state index is 13.1. The highest BCUT2D eigenvalue weighted by Gasteiger charge is 2.26. The topological polar surface area (TPSA) is 58.6 Å². The Morgan fingerprint density at radius 2 is 1.81 bits per heavy atom. The van der Waals surface area contributed by atoms with Crippen LogP contribution in [0.4, 0.5) is 0 Å². The van der Waals surface area contributed by atoms with E-state index < -0.39 is 6.04 Å². The van der Waals surface area contributed by atoms with E-state index in [1.54, 1.807) is 11.8 Å². The summed E-state index contributed by atoms with van der Waals surface area (Å²) in [7, 11) is 0. The molecule has 2 aromatic rings. The van der Waals surface area contributed by atoms with E-state index in [9.17, 15) is 9.59 Å². The molecule has 2 rings (SSSR count). The van der Waals surface area contributed by atoms with E-state index in [4.69, 9.17) is 4.74 Å². The molecule has 5 nitrogen and oxygen atoms in total. The lowest BCUT2D eigenvalue weighted by Crippen LogP contribution is -2.49. The van der Waals surface area contributed by atoms with Gasteiger partial charge in [-0.15, -0.1) is 0 Å². The molecule has 0 heterocycles. The zero-order valence-corrected chi connectivity index (χ0v) is 21.4. The molecule has 0 unspecified atom stereocenters. The van der Waals surface area contributed by atoms with Gasteiger partial charge < -0.3 is 15.0 Å². The van der Waals surface area contributed by atoms with E-state index in [2.05, 4.69) is 48.9 Å². The maximum Gasteiger partial charge on any atom is 0.261 e. The van der Waals surface area contributed by atoms with E-state index in [-0.39, 0.29) is 23.8 Å². The molecular formula is C26H35BrN2O3. The minimum absolute atomic E-state index is 0.0513. The van der Waals surface area contributed by atoms with Crippen molar-refractivity contribution in [2.24, 2.45) is 0 Å². The largest absolute Gasteiger partial charge is 0.484 e. The van der Waals surface area contributed by atoms with Crippen molar-refractivity contribution in [3.63, 3.8) is 0 Å². The number of nitrogens with one attached hydrogen (secondary N) is 1. The number of halogens is 1. The fourth-order valence-corrected chi connectivity index (χ4v) is 3.68. The van der Waals surface area contributed by atoms with E-state index in [0.29, 0.717) is 18.8 Å². The van der Waals surface area contributed by atoms with Gasteiger partial charge in [-0.2, -0.15) is 0 Å². The molecule has 1 atom stereocenters. The van der Waals surface area contributed by atoms with Crippen molar-refractivity contribution in [3.8, 4) is 5.75 Å². The zero-order valence-electron chi connectivity index (χ0n) is 19.8. The third-order valence-electron chi connectivity index (χ3n) is 5.32. The van der Waals surface area contributed by atoms with Crippen LogP contribution in [0.2, 0.25) is 0 Å². The van der Waals surface area contributed by atoms with Crippen LogP contribution in [0.25, 0.3) is 0 Å². The van der Waals surface area contributed by atoms with E-state index in [0.717, 1.165) is 22.9 Å². The summed E-state index contributed by atoms with van der Waals surface area (Å²) < 4.78 is 6.70. The summed E-state index contributed by atoms with van der Waals surface area (Å²) in [6.45, 7) is 11.1. The Labute approximate surface area is 200 Å². The number of nitrogens with zero attached hydrogens (tertiary/aromatic N) is 1. The van der Waals surface area contributed by atoms with Gasteiger partial charge in [-0.3, -0.25) is 9.59 Å². The van der Waals surface area contributed by atoms with Gasteiger partial charge in [0.25, 0.3) is 5.91 Å². The lowest BCUT2D eigenvalue weighted by Gasteiger charge is -2.29. The van der Waals surface area contributed by atoms with Crippen LogP contribution in [0.1, 0.15) is 58.6 Å². The Hall–Kier alpha value is -2.34. The van der Waals surface area contributed by atoms with E-state index in [1.165, 1.54) is 5.56 Å². The minimum atomic E-state index is -0.606. The van der Waals surface area contributed by atoms with Gasteiger partial charge in [-0.05, 0) is 54.2 Å². The number of ether oxygens (including phenoxy) is 1. The summed E-state index contributed by atoms with van der Waals surface area (Å²) >= 11 is 3.47. The molecule has 2 aromatic carbocycles. The molecule has 32 heavy (non-hydrogen) atoms. The van der Waals surface area contributed by atoms with Crippen molar-refractivity contribution in [1.29, 1.82) is 0 Å². The summed E-state index contributed by atoms with van der Waals surface area (Å²) in [5, 5.41) is 2.93. The molecule has 0 bridgehead atoms. The van der Waals surface area contributed by atoms with Crippen LogP contribution in [0.3, 0.4) is 0 Å². The van der Waals surface area contributed by atoms with Crippen LogP contribution in [0, 0.1) is 0 Å². The molecule has 0 aliphatic rings. The molecule has 0 aromatic heterocycles. The van der Waals surface area contributed by atoms with Crippen molar-refractivity contribution in [1.82, 2.24) is 10.2 Å². The van der Waals surface area contributed by atoms with Gasteiger partial charge in [-0.1, -0.05) is 74.3 Å². The Balaban J connectivity index is 2.11. The van der Waals surface area contributed by atoms with Crippen LogP contribution >= 0.6 is 15.9 Å². The van der Waals surface area contributed by atoms with E-state index >= 15 is 0 Å². The van der Waals surface area contributed by atoms with Crippen LogP contribution in [-0.4, -0.2) is 35.9 Å². The Kier molecular flexibility index (Phi) is 9.76. The van der Waals surface area contributed by atoms with Crippen molar-refractivity contribution >= 4 is 27.7 Å². The highest BCUT2D eigenvalue weighted by atomic mass is 79.9. The third-order valence-corrected chi connectivity index (χ3v) is 5.81. The number of carbonyl (C=O) groups is 2. The average Bonchev–Trinajstić information content (AvgIpc) is 2.75. The third kappa shape index (κ3) is 7.97. The highest BCUT2D eigenvalue weighted by Crippen LogP contribution is 2.24. The zero-order chi connectivity index (χ0) is 23.7. The molecule has 1 N–H and O–H groups in total. The van der Waals surface area contributed by atoms with Gasteiger partial charge in [0.15, 0.2) is 6.61 Å². The monoisotopic (exact) mass is 502 g/mol. The Morgan fingerprint density at radius 3 is 2.41 bits per heavy atom. The van der Waals surface area contributed by atoms with Gasteiger partial charge in [0.1, 0.15) is 11.8 Å². The second kappa shape index (κ2) is 12.0. The number of hydrogen-bond donors (Lipinski definition) is 1. The van der Waals surface area contributed by atoms with Gasteiger partial charge in [0.05, 0.1) is 0 Å². The average molecular weight is 503 g/mol. The van der Waals surface area contributed by atoms with Crippen LogP contribution < -0.4 is 10.1 Å². The normalized spacial score (nSPS) is 12.2. The Morgan fingerprint density at radius 1 is 1.12 bits per heavy atom. The molecule has 0 aliphatic carbocycles. The summed E-state index contributed by atoms with van der Waals surface area (Å²) in [6, 6.07) is 14.9. The predicted molar refractivity (Wildman–Crippen MR) is 133 cm³/mol. The number of unbranched alkanes of at least 4 members (excludes halogenated alkanes) is 1. The lowest BCUT2D eigenvalue weighted by molar-refractivity contribution is -0.142. The highest BCUT2D eigenvalue weighted by molar-refractivity contribution is 9.10. The minimum Gasteiger partial charge on any atom is -0.484 e. The SMILES string of the molecule is CCCCNC(=O)[C@@H](C)N(Cc1cccc(Br)c1)C(=O)COc1ccc(C(C)(C)C)cc1. The first-order valence-corrected chi connectivity index (χ1v) is 12.0. The second-order valence-electron chi connectivity index (χ2n) is 9.04. The van der Waals surface area contributed by atoms with Crippen molar-refractivity contribution in [3.05, 3.63) is 64.1 Å². The number of hydrogen-bond acceptors (Lipinski definition) is 3. The van der Waals surface area contributed by atoms with Crippen molar-refractivity contribution in [2.45, 2.75) is 65.5 Å². The van der Waals surface area contributed by atoms with Gasteiger partial charge in [0.2, 0.25) is 5.91 Å². The first-order chi connectivity index (χ1) is 15.1. The van der Waals surface area contributed by atoms with Crippen LogP contribution in [0.5, 0.6) is 5.75 Å². The number of amides is 2. The Bertz CT molecular complexity index is 891. The molecule has 0 aliphatic heterocycles. The van der Waals surface area contributed by atoms with Gasteiger partial charge >= 0.3 is 0 Å². The number of rotatable bonds is 10. The molecule has 0 radical (unpaired) electrons.